The fraction of sp³-hybridized carbons (Fsp3) is 0.417. The Bertz CT molecular complexity index is 1140. The number of anilines is 2. The van der Waals surface area contributed by atoms with Crippen LogP contribution in [0.15, 0.2) is 12.1 Å². The van der Waals surface area contributed by atoms with E-state index in [4.69, 9.17) is 23.2 Å². The van der Waals surface area contributed by atoms with E-state index < -0.39 is 23.1 Å². The summed E-state index contributed by atoms with van der Waals surface area (Å²) in [7, 11) is 9.65. The van der Waals surface area contributed by atoms with E-state index in [1.807, 2.05) is 0 Å². The number of hydroxylamine groups is 6. The minimum absolute atomic E-state index is 0.0185. The van der Waals surface area contributed by atoms with Gasteiger partial charge in [0.1, 0.15) is 24.6 Å². The largest absolute Gasteiger partial charge is 0.507 e. The molecule has 1 aliphatic carbocycles. The summed E-state index contributed by atoms with van der Waals surface area (Å²) >= 11 is 13.5. The van der Waals surface area contributed by atoms with E-state index >= 15 is 0 Å². The molecule has 3 rings (SSSR count). The molecule has 0 aliphatic heterocycles. The first kappa shape index (κ1) is 28.0. The molecule has 0 saturated carbocycles. The van der Waals surface area contributed by atoms with Gasteiger partial charge in [-0.05, 0) is 12.1 Å². The van der Waals surface area contributed by atoms with Crippen LogP contribution in [-0.4, -0.2) is 110 Å². The molecule has 0 saturated heterocycles. The predicted molar refractivity (Wildman–Crippen MR) is 137 cm³/mol. The van der Waals surface area contributed by atoms with E-state index in [0.29, 0.717) is 0 Å². The molecular formula is C24H32Cl2N4O6+2. The molecule has 0 aromatic heterocycles. The number of hydrogen-bond acceptors (Lipinski definition) is 8. The second kappa shape index (κ2) is 9.70. The van der Waals surface area contributed by atoms with E-state index in [2.05, 4.69) is 0 Å². The highest BCUT2D eigenvalue weighted by Gasteiger charge is 2.42. The minimum Gasteiger partial charge on any atom is -0.507 e. The van der Waals surface area contributed by atoms with Crippen molar-refractivity contribution in [2.45, 2.75) is 0 Å². The zero-order valence-electron chi connectivity index (χ0n) is 21.1. The summed E-state index contributed by atoms with van der Waals surface area (Å²) in [4.78, 5) is 30.9. The zero-order chi connectivity index (χ0) is 27.3. The van der Waals surface area contributed by atoms with Crippen LogP contribution in [0.3, 0.4) is 0 Å². The Labute approximate surface area is 219 Å². The number of quaternary nitrogens is 2. The van der Waals surface area contributed by atoms with Gasteiger partial charge in [0.05, 0.1) is 85.0 Å². The van der Waals surface area contributed by atoms with Gasteiger partial charge in [-0.1, -0.05) is 23.2 Å². The number of halogens is 2. The van der Waals surface area contributed by atoms with Crippen LogP contribution < -0.4 is 9.80 Å². The minimum atomic E-state index is -0.695. The van der Waals surface area contributed by atoms with Crippen molar-refractivity contribution in [3.63, 3.8) is 0 Å². The van der Waals surface area contributed by atoms with Crippen molar-refractivity contribution < 1.29 is 39.5 Å². The number of nitrogens with zero attached hydrogens (tertiary/aromatic N) is 4. The fourth-order valence-corrected chi connectivity index (χ4v) is 4.78. The molecule has 0 atom stereocenters. The molecule has 0 spiro atoms. The summed E-state index contributed by atoms with van der Waals surface area (Å²) in [5.74, 6) is -2.29. The number of carbonyl (C=O) groups excluding carboxylic acids is 2. The summed E-state index contributed by atoms with van der Waals surface area (Å²) in [6.07, 6.45) is 0. The van der Waals surface area contributed by atoms with E-state index in [-0.39, 0.29) is 79.1 Å². The standard InChI is InChI=1S/C24H30Cl2N4O6/c1-27(9-11-29(3,4)35)21-17-18(22(20(26)19(21)25)28(2)10-12-30(5,6)36)24(34)16-14(32)8-7-13(31)15(16)23(17)33/h7-8,35-36H,9-12H2,1-6H3/p+2. The van der Waals surface area contributed by atoms with Crippen molar-refractivity contribution in [3.05, 3.63) is 44.4 Å². The molecule has 4 N–H and O–H groups in total. The molecule has 0 unspecified atom stereocenters. The summed E-state index contributed by atoms with van der Waals surface area (Å²) in [6.45, 7) is 1.01. The number of benzene rings is 2. The Kier molecular flexibility index (Phi) is 7.54. The van der Waals surface area contributed by atoms with Crippen LogP contribution in [-0.2, 0) is 0 Å². The van der Waals surface area contributed by atoms with Gasteiger partial charge in [-0.2, -0.15) is 9.29 Å². The van der Waals surface area contributed by atoms with Crippen LogP contribution in [0.2, 0.25) is 10.0 Å². The van der Waals surface area contributed by atoms with Crippen LogP contribution in [0.5, 0.6) is 11.5 Å². The number of hydrogen-bond donors (Lipinski definition) is 4. The number of aromatic hydroxyl groups is 2. The van der Waals surface area contributed by atoms with Crippen LogP contribution in [0, 0.1) is 0 Å². The molecule has 0 amide bonds. The number of ketones is 2. The average molecular weight is 543 g/mol. The van der Waals surface area contributed by atoms with Gasteiger partial charge >= 0.3 is 0 Å². The molecule has 1 aliphatic rings. The lowest BCUT2D eigenvalue weighted by atomic mass is 9.80. The van der Waals surface area contributed by atoms with Crippen LogP contribution in [0.4, 0.5) is 11.4 Å². The summed E-state index contributed by atoms with van der Waals surface area (Å²) in [6, 6.07) is 2.29. The van der Waals surface area contributed by atoms with Crippen molar-refractivity contribution in [2.75, 3.05) is 78.3 Å². The van der Waals surface area contributed by atoms with Gasteiger partial charge in [0.25, 0.3) is 0 Å². The maximum atomic E-state index is 13.8. The highest BCUT2D eigenvalue weighted by molar-refractivity contribution is 6.48. The van der Waals surface area contributed by atoms with Crippen molar-refractivity contribution in [2.24, 2.45) is 0 Å². The molecule has 0 radical (unpaired) electrons. The Morgan fingerprint density at radius 2 is 1.00 bits per heavy atom. The van der Waals surface area contributed by atoms with Gasteiger partial charge < -0.3 is 20.0 Å². The summed E-state index contributed by atoms with van der Waals surface area (Å²) < 4.78 is -0.698. The second-order valence-electron chi connectivity index (χ2n) is 10.1. The molecule has 10 nitrogen and oxygen atoms in total. The van der Waals surface area contributed by atoms with Gasteiger partial charge in [-0.15, -0.1) is 0 Å². The molecular weight excluding hydrogens is 511 g/mol. The third-order valence-electron chi connectivity index (χ3n) is 6.13. The Morgan fingerprint density at radius 1 is 0.694 bits per heavy atom. The van der Waals surface area contributed by atoms with Crippen molar-refractivity contribution in [1.29, 1.82) is 0 Å². The highest BCUT2D eigenvalue weighted by atomic mass is 35.5. The molecule has 2 aromatic rings. The molecule has 0 heterocycles. The number of phenols is 2. The smallest absolute Gasteiger partial charge is 0.200 e. The quantitative estimate of drug-likeness (QED) is 0.195. The monoisotopic (exact) mass is 542 g/mol. The maximum Gasteiger partial charge on any atom is 0.200 e. The van der Waals surface area contributed by atoms with Gasteiger partial charge in [0.2, 0.25) is 11.6 Å². The number of carbonyl (C=O) groups is 2. The second-order valence-corrected chi connectivity index (χ2v) is 10.9. The van der Waals surface area contributed by atoms with Crippen LogP contribution in [0.25, 0.3) is 0 Å². The molecule has 0 bridgehead atoms. The number of rotatable bonds is 8. The topological polar surface area (TPSA) is 122 Å². The highest BCUT2D eigenvalue weighted by Crippen LogP contribution is 2.50. The van der Waals surface area contributed by atoms with Gasteiger partial charge in [-0.25, -0.2) is 10.4 Å². The van der Waals surface area contributed by atoms with E-state index in [9.17, 15) is 30.2 Å². The Hall–Kier alpha value is -2.60. The zero-order valence-corrected chi connectivity index (χ0v) is 22.6. The number of likely N-dealkylation sites (N-methyl/N-ethyl adjacent to an activating group) is 4. The lowest BCUT2D eigenvalue weighted by Crippen LogP contribution is -2.43. The maximum absolute atomic E-state index is 13.8. The van der Waals surface area contributed by atoms with E-state index in [1.54, 1.807) is 52.1 Å². The van der Waals surface area contributed by atoms with Gasteiger partial charge in [0.15, 0.2) is 0 Å². The summed E-state index contributed by atoms with van der Waals surface area (Å²) in [5, 5.41) is 41.3. The van der Waals surface area contributed by atoms with Gasteiger partial charge in [-0.3, -0.25) is 9.59 Å². The third-order valence-corrected chi connectivity index (χ3v) is 6.96. The normalized spacial score (nSPS) is 13.5. The molecule has 36 heavy (non-hydrogen) atoms. The lowest BCUT2D eigenvalue weighted by Gasteiger charge is -2.34. The predicted octanol–water partition coefficient (Wildman–Crippen LogP) is 2.98. The Morgan fingerprint density at radius 3 is 1.28 bits per heavy atom. The van der Waals surface area contributed by atoms with Crippen molar-refractivity contribution >= 4 is 46.1 Å². The van der Waals surface area contributed by atoms with Crippen molar-refractivity contribution in [3.8, 4) is 11.5 Å². The third kappa shape index (κ3) is 5.24. The summed E-state index contributed by atoms with van der Waals surface area (Å²) in [5.41, 5.74) is -0.415. The molecule has 196 valence electrons. The number of phenolic OH excluding ortho intramolecular Hbond substituents is 2. The van der Waals surface area contributed by atoms with Crippen LogP contribution in [0.1, 0.15) is 31.8 Å². The van der Waals surface area contributed by atoms with Crippen LogP contribution >= 0.6 is 23.2 Å². The molecule has 12 heteroatoms. The average Bonchev–Trinajstić information content (AvgIpc) is 2.75. The fourth-order valence-electron chi connectivity index (χ4n) is 4.13. The van der Waals surface area contributed by atoms with E-state index in [1.165, 1.54) is 0 Å². The molecule has 0 fully saturated rings. The van der Waals surface area contributed by atoms with Gasteiger partial charge in [0, 0.05) is 14.1 Å². The van der Waals surface area contributed by atoms with Crippen molar-refractivity contribution in [1.82, 2.24) is 0 Å². The SMILES string of the molecule is CN(CC[N+](C)(C)O)c1c(Cl)c(Cl)c(N(C)CC[N+](C)(C)O)c2c1C(=O)c1c(O)ccc(O)c1C2=O. The lowest BCUT2D eigenvalue weighted by molar-refractivity contribution is -1.07. The first-order chi connectivity index (χ1) is 16.5. The van der Waals surface area contributed by atoms with E-state index in [0.717, 1.165) is 12.1 Å². The first-order valence-electron chi connectivity index (χ1n) is 11.2. The Balaban J connectivity index is 2.33. The molecule has 2 aromatic carbocycles. The first-order valence-corrected chi connectivity index (χ1v) is 11.9. The number of fused-ring (bicyclic) bond motifs is 2.